The van der Waals surface area contributed by atoms with Crippen molar-refractivity contribution in [1.82, 2.24) is 10.3 Å². The quantitative estimate of drug-likeness (QED) is 0.521. The Kier molecular flexibility index (Phi) is 2.23. The molecular formula is C6H6N6O4. The molecule has 2 heterocycles. The lowest BCUT2D eigenvalue weighted by Gasteiger charge is -1.83. The first-order valence-corrected chi connectivity index (χ1v) is 4.14. The molecule has 10 heteroatoms. The Labute approximate surface area is 87.9 Å². The summed E-state index contributed by atoms with van der Waals surface area (Å²) in [6, 6.07) is 0. The highest BCUT2D eigenvalue weighted by Crippen LogP contribution is 2.16. The number of nitrogens with zero attached hydrogens (tertiary/aromatic N) is 6. The maximum Gasteiger partial charge on any atom is 0.354 e. The Morgan fingerprint density at radius 3 is 1.56 bits per heavy atom. The normalized spacial score (nSPS) is 11.4. The zero-order valence-corrected chi connectivity index (χ0v) is 8.32. The van der Waals surface area contributed by atoms with Crippen molar-refractivity contribution >= 4 is 11.6 Å². The predicted octanol–water partition coefficient (Wildman–Crippen LogP) is -0.0384. The van der Waals surface area contributed by atoms with Crippen molar-refractivity contribution < 1.29 is 19.1 Å². The minimum Gasteiger partial charge on any atom is -0.359 e. The molecule has 0 amide bonds. The number of azo groups is 1. The smallest absolute Gasteiger partial charge is 0.354 e. The summed E-state index contributed by atoms with van der Waals surface area (Å²) >= 11 is 0. The highest BCUT2D eigenvalue weighted by Gasteiger charge is 2.16. The summed E-state index contributed by atoms with van der Waals surface area (Å²) in [6.45, 7) is 2.92. The molecule has 16 heavy (non-hydrogen) atoms. The molecule has 0 radical (unpaired) electrons. The van der Waals surface area contributed by atoms with E-state index >= 15 is 0 Å². The van der Waals surface area contributed by atoms with Gasteiger partial charge in [-0.3, -0.25) is 9.26 Å². The molecule has 0 spiro atoms. The lowest BCUT2D eigenvalue weighted by atomic mass is 10.5. The summed E-state index contributed by atoms with van der Waals surface area (Å²) in [7, 11) is 0. The third-order valence-corrected chi connectivity index (χ3v) is 1.84. The van der Waals surface area contributed by atoms with Gasteiger partial charge in [0.25, 0.3) is 0 Å². The summed E-state index contributed by atoms with van der Waals surface area (Å²) in [4.78, 5) is 0.384. The summed E-state index contributed by atoms with van der Waals surface area (Å²) in [5.41, 5.74) is 0.305. The van der Waals surface area contributed by atoms with Crippen molar-refractivity contribution in [3.8, 4) is 0 Å². The van der Waals surface area contributed by atoms with Gasteiger partial charge in [-0.1, -0.05) is 10.2 Å². The third-order valence-electron chi connectivity index (χ3n) is 1.84. The van der Waals surface area contributed by atoms with E-state index in [4.69, 9.17) is 0 Å². The molecule has 0 N–H and O–H groups in total. The van der Waals surface area contributed by atoms with Crippen molar-refractivity contribution in [2.45, 2.75) is 13.8 Å². The van der Waals surface area contributed by atoms with Crippen LogP contribution < -0.4 is 9.81 Å². The second-order valence-corrected chi connectivity index (χ2v) is 2.88. The van der Waals surface area contributed by atoms with E-state index in [1.165, 1.54) is 13.8 Å². The van der Waals surface area contributed by atoms with E-state index in [0.717, 1.165) is 0 Å². The van der Waals surface area contributed by atoms with Gasteiger partial charge in [0.2, 0.25) is 11.4 Å². The first-order valence-electron chi connectivity index (χ1n) is 4.14. The lowest BCUT2D eigenvalue weighted by molar-refractivity contribution is -0.806. The first kappa shape index (κ1) is 10.0. The Hall–Kier alpha value is -2.52. The molecule has 0 fully saturated rings. The molecule has 0 aliphatic carbocycles. The van der Waals surface area contributed by atoms with Crippen LogP contribution in [0.25, 0.3) is 0 Å². The molecule has 2 aromatic heterocycles. The SMILES string of the molecule is Cc1c(N=Nc2no[n+]([O-])c2C)no[n+]1[O-]. The second kappa shape index (κ2) is 3.56. The van der Waals surface area contributed by atoms with Crippen molar-refractivity contribution in [2.75, 3.05) is 0 Å². The predicted molar refractivity (Wildman–Crippen MR) is 44.6 cm³/mol. The third kappa shape index (κ3) is 1.55. The van der Waals surface area contributed by atoms with Gasteiger partial charge in [0.1, 0.15) is 0 Å². The fourth-order valence-corrected chi connectivity index (χ4v) is 0.845. The van der Waals surface area contributed by atoms with E-state index in [-0.39, 0.29) is 32.8 Å². The lowest BCUT2D eigenvalue weighted by Crippen LogP contribution is -2.25. The molecule has 0 aliphatic heterocycles. The maximum absolute atomic E-state index is 10.8. The van der Waals surface area contributed by atoms with Crippen molar-refractivity contribution in [2.24, 2.45) is 10.2 Å². The topological polar surface area (TPSA) is 131 Å². The maximum atomic E-state index is 10.8. The molecule has 0 saturated carbocycles. The highest BCUT2D eigenvalue weighted by molar-refractivity contribution is 5.30. The van der Waals surface area contributed by atoms with Gasteiger partial charge in [0.15, 0.2) is 0 Å². The van der Waals surface area contributed by atoms with Crippen LogP contribution in [-0.4, -0.2) is 10.3 Å². The van der Waals surface area contributed by atoms with E-state index in [0.29, 0.717) is 0 Å². The van der Waals surface area contributed by atoms with Gasteiger partial charge < -0.3 is 10.4 Å². The van der Waals surface area contributed by atoms with Crippen LogP contribution in [0.2, 0.25) is 0 Å². The Morgan fingerprint density at radius 2 is 1.31 bits per heavy atom. The molecule has 0 atom stereocenters. The number of rotatable bonds is 2. The molecule has 2 aromatic rings. The van der Waals surface area contributed by atoms with Crippen LogP contribution in [0.1, 0.15) is 11.4 Å². The number of aromatic nitrogens is 4. The van der Waals surface area contributed by atoms with Crippen molar-refractivity contribution in [3.05, 3.63) is 21.8 Å². The van der Waals surface area contributed by atoms with Gasteiger partial charge >= 0.3 is 11.6 Å². The molecule has 0 aliphatic rings. The van der Waals surface area contributed by atoms with Crippen LogP contribution in [0.15, 0.2) is 19.5 Å². The average Bonchev–Trinajstić information content (AvgIpc) is 2.74. The van der Waals surface area contributed by atoms with Gasteiger partial charge in [-0.15, -0.1) is 0 Å². The zero-order valence-electron chi connectivity index (χ0n) is 8.32. The zero-order chi connectivity index (χ0) is 11.7. The minimum absolute atomic E-state index is 0.00912. The standard InChI is InChI=1S/C6H6N6O4/c1-3-5(9-15-11(3)13)7-8-6-4(2)12(14)16-10-6/h1-2H3. The summed E-state index contributed by atoms with van der Waals surface area (Å²) < 4.78 is 8.53. The Morgan fingerprint density at radius 1 is 0.938 bits per heavy atom. The van der Waals surface area contributed by atoms with Gasteiger partial charge in [-0.05, 0) is 9.81 Å². The van der Waals surface area contributed by atoms with E-state index in [9.17, 15) is 10.4 Å². The van der Waals surface area contributed by atoms with Gasteiger partial charge in [-0.2, -0.15) is 0 Å². The highest BCUT2D eigenvalue weighted by atomic mass is 16.8. The van der Waals surface area contributed by atoms with E-state index in [1.807, 2.05) is 0 Å². The van der Waals surface area contributed by atoms with Crippen LogP contribution in [0.4, 0.5) is 11.6 Å². The number of hydrogen-bond acceptors (Lipinski definition) is 8. The van der Waals surface area contributed by atoms with Crippen molar-refractivity contribution in [1.29, 1.82) is 0 Å². The molecule has 2 rings (SSSR count). The van der Waals surface area contributed by atoms with Crippen molar-refractivity contribution in [3.63, 3.8) is 0 Å². The van der Waals surface area contributed by atoms with Gasteiger partial charge in [0.05, 0.1) is 10.3 Å². The molecule has 0 bridgehead atoms. The van der Waals surface area contributed by atoms with Crippen LogP contribution >= 0.6 is 0 Å². The molecule has 84 valence electrons. The molecule has 0 aromatic carbocycles. The average molecular weight is 226 g/mol. The Balaban J connectivity index is 2.28. The van der Waals surface area contributed by atoms with Crippen LogP contribution in [-0.2, 0) is 0 Å². The largest absolute Gasteiger partial charge is 0.359 e. The Bertz CT molecular complexity index is 495. The second-order valence-electron chi connectivity index (χ2n) is 2.88. The summed E-state index contributed by atoms with van der Waals surface area (Å²) in [5.74, 6) is 0.0182. The molecular weight excluding hydrogens is 220 g/mol. The van der Waals surface area contributed by atoms with Gasteiger partial charge in [0, 0.05) is 13.8 Å². The first-order chi connectivity index (χ1) is 7.59. The van der Waals surface area contributed by atoms with E-state index in [2.05, 4.69) is 29.8 Å². The molecule has 0 unspecified atom stereocenters. The van der Waals surface area contributed by atoms with E-state index < -0.39 is 0 Å². The fraction of sp³-hybridized carbons (Fsp3) is 0.333. The monoisotopic (exact) mass is 226 g/mol. The van der Waals surface area contributed by atoms with Crippen LogP contribution in [0, 0.1) is 24.3 Å². The number of hydrogen-bond donors (Lipinski definition) is 0. The van der Waals surface area contributed by atoms with Gasteiger partial charge in [-0.25, -0.2) is 0 Å². The summed E-state index contributed by atoms with van der Waals surface area (Å²) in [6.07, 6.45) is 0. The minimum atomic E-state index is 0.00912. The van der Waals surface area contributed by atoms with Crippen LogP contribution in [0.5, 0.6) is 0 Å². The summed E-state index contributed by atoms with van der Waals surface area (Å²) in [5, 5.41) is 35.5. The molecule has 10 nitrogen and oxygen atoms in total. The molecule has 0 saturated heterocycles. The van der Waals surface area contributed by atoms with Crippen LogP contribution in [0.3, 0.4) is 0 Å². The van der Waals surface area contributed by atoms with E-state index in [1.54, 1.807) is 0 Å². The fourth-order valence-electron chi connectivity index (χ4n) is 0.845.